The van der Waals surface area contributed by atoms with Crippen LogP contribution in [0.3, 0.4) is 0 Å². The van der Waals surface area contributed by atoms with Crippen molar-refractivity contribution in [2.24, 2.45) is 0 Å². The molecule has 0 aliphatic heterocycles. The zero-order valence-electron chi connectivity index (χ0n) is 9.12. The van der Waals surface area contributed by atoms with Crippen molar-refractivity contribution >= 4 is 0 Å². The van der Waals surface area contributed by atoms with Crippen molar-refractivity contribution in [2.45, 2.75) is 46.0 Å². The van der Waals surface area contributed by atoms with Crippen LogP contribution in [-0.2, 0) is 12.8 Å². The summed E-state index contributed by atoms with van der Waals surface area (Å²) in [6.07, 6.45) is 6.97. The molecule has 2 nitrogen and oxygen atoms in total. The highest BCUT2D eigenvalue weighted by molar-refractivity contribution is 5.10. The average Bonchev–Trinajstić information content (AvgIpc) is 2.19. The van der Waals surface area contributed by atoms with Crippen LogP contribution >= 0.6 is 0 Å². The van der Waals surface area contributed by atoms with Crippen LogP contribution in [0.2, 0.25) is 0 Å². The van der Waals surface area contributed by atoms with E-state index >= 15 is 0 Å². The van der Waals surface area contributed by atoms with Crippen LogP contribution in [0.25, 0.3) is 0 Å². The lowest BCUT2D eigenvalue weighted by atomic mass is 10.1. The van der Waals surface area contributed by atoms with E-state index in [1.165, 1.54) is 6.42 Å². The van der Waals surface area contributed by atoms with Gasteiger partial charge in [-0.25, -0.2) is 0 Å². The van der Waals surface area contributed by atoms with Gasteiger partial charge in [-0.15, -0.1) is 0 Å². The molecule has 0 N–H and O–H groups in total. The Morgan fingerprint density at radius 2 is 1.93 bits per heavy atom. The van der Waals surface area contributed by atoms with Gasteiger partial charge in [0.05, 0.1) is 0 Å². The summed E-state index contributed by atoms with van der Waals surface area (Å²) >= 11 is 0. The first-order valence-corrected chi connectivity index (χ1v) is 5.49. The first-order valence-electron chi connectivity index (χ1n) is 5.49. The van der Waals surface area contributed by atoms with Crippen LogP contribution in [0.15, 0.2) is 18.3 Å². The second-order valence-corrected chi connectivity index (χ2v) is 3.71. The average molecular weight is 193 g/mol. The van der Waals surface area contributed by atoms with Crippen LogP contribution in [-0.4, -0.2) is 0 Å². The molecule has 0 saturated heterocycles. The molecule has 1 aromatic heterocycles. The van der Waals surface area contributed by atoms with Crippen molar-refractivity contribution in [3.05, 3.63) is 34.8 Å². The molecule has 1 aromatic rings. The van der Waals surface area contributed by atoms with Crippen molar-refractivity contribution in [1.82, 2.24) is 0 Å². The summed E-state index contributed by atoms with van der Waals surface area (Å²) in [5.74, 6) is 0. The maximum absolute atomic E-state index is 11.5. The molecule has 0 aliphatic carbocycles. The normalized spacial score (nSPS) is 10.4. The third-order valence-electron chi connectivity index (χ3n) is 2.38. The highest BCUT2D eigenvalue weighted by atomic mass is 16.5. The van der Waals surface area contributed by atoms with Gasteiger partial charge < -0.3 is 5.21 Å². The third-order valence-corrected chi connectivity index (χ3v) is 2.38. The summed E-state index contributed by atoms with van der Waals surface area (Å²) in [6, 6.07) is 4.04. The van der Waals surface area contributed by atoms with E-state index < -0.39 is 0 Å². The third kappa shape index (κ3) is 3.02. The van der Waals surface area contributed by atoms with E-state index in [1.807, 2.05) is 6.07 Å². The molecule has 1 rings (SSSR count). The first kappa shape index (κ1) is 11.0. The van der Waals surface area contributed by atoms with Crippen molar-refractivity contribution in [3.63, 3.8) is 0 Å². The number of rotatable bonds is 5. The summed E-state index contributed by atoms with van der Waals surface area (Å²) in [6.45, 7) is 4.25. The van der Waals surface area contributed by atoms with Crippen LogP contribution in [0.4, 0.5) is 0 Å². The summed E-state index contributed by atoms with van der Waals surface area (Å²) < 4.78 is 1.02. The second kappa shape index (κ2) is 5.63. The molecule has 1 heterocycles. The topological polar surface area (TPSA) is 26.9 Å². The number of unbranched alkanes of at least 4 members (excludes halogenated alkanes) is 1. The monoisotopic (exact) mass is 193 g/mol. The number of aromatic nitrogens is 1. The molecule has 0 aromatic carbocycles. The Kier molecular flexibility index (Phi) is 4.44. The molecule has 0 aliphatic rings. The Balaban J connectivity index is 2.68. The molecule has 14 heavy (non-hydrogen) atoms. The number of hydrogen-bond acceptors (Lipinski definition) is 1. The van der Waals surface area contributed by atoms with Gasteiger partial charge in [0.15, 0.2) is 11.9 Å². The molecule has 0 radical (unpaired) electrons. The van der Waals surface area contributed by atoms with Crippen LogP contribution in [0.1, 0.15) is 44.4 Å². The Labute approximate surface area is 86.2 Å². The predicted octanol–water partition coefficient (Wildman–Crippen LogP) is 2.62. The minimum absolute atomic E-state index is 0.873. The van der Waals surface area contributed by atoms with Crippen molar-refractivity contribution in [2.75, 3.05) is 0 Å². The van der Waals surface area contributed by atoms with Gasteiger partial charge in [-0.1, -0.05) is 20.3 Å². The minimum Gasteiger partial charge on any atom is -0.618 e. The highest BCUT2D eigenvalue weighted by Crippen LogP contribution is 2.04. The highest BCUT2D eigenvalue weighted by Gasteiger charge is 2.04. The molecular formula is C12H19NO. The lowest BCUT2D eigenvalue weighted by molar-refractivity contribution is -0.614. The zero-order valence-corrected chi connectivity index (χ0v) is 9.12. The lowest BCUT2D eigenvalue weighted by Gasteiger charge is -2.05. The smallest absolute Gasteiger partial charge is 0.192 e. The second-order valence-electron chi connectivity index (χ2n) is 3.71. The molecule has 0 bridgehead atoms. The quantitative estimate of drug-likeness (QED) is 0.521. The first-order chi connectivity index (χ1) is 6.77. The summed E-state index contributed by atoms with van der Waals surface area (Å²) in [5.41, 5.74) is 2.04. The van der Waals surface area contributed by atoms with E-state index in [-0.39, 0.29) is 0 Å². The molecule has 78 valence electrons. The van der Waals surface area contributed by atoms with Gasteiger partial charge in [0.1, 0.15) is 0 Å². The van der Waals surface area contributed by atoms with E-state index in [4.69, 9.17) is 0 Å². The van der Waals surface area contributed by atoms with Gasteiger partial charge in [0.25, 0.3) is 0 Å². The largest absolute Gasteiger partial charge is 0.618 e. The van der Waals surface area contributed by atoms with Gasteiger partial charge >= 0.3 is 0 Å². The van der Waals surface area contributed by atoms with Gasteiger partial charge in [0, 0.05) is 18.1 Å². The summed E-state index contributed by atoms with van der Waals surface area (Å²) in [4.78, 5) is 0. The number of aryl methyl sites for hydroxylation is 2. The van der Waals surface area contributed by atoms with Crippen molar-refractivity contribution in [3.8, 4) is 0 Å². The molecule has 2 heteroatoms. The molecule has 0 fully saturated rings. The summed E-state index contributed by atoms with van der Waals surface area (Å²) in [7, 11) is 0. The number of nitrogens with zero attached hydrogens (tertiary/aromatic N) is 1. The fourth-order valence-corrected chi connectivity index (χ4v) is 1.53. The predicted molar refractivity (Wildman–Crippen MR) is 58.0 cm³/mol. The van der Waals surface area contributed by atoms with Crippen molar-refractivity contribution < 1.29 is 4.73 Å². The van der Waals surface area contributed by atoms with E-state index in [0.717, 1.165) is 41.7 Å². The molecule has 0 spiro atoms. The van der Waals surface area contributed by atoms with E-state index in [0.29, 0.717) is 0 Å². The number of hydrogen-bond donors (Lipinski definition) is 0. The Morgan fingerprint density at radius 3 is 2.50 bits per heavy atom. The maximum Gasteiger partial charge on any atom is 0.192 e. The zero-order chi connectivity index (χ0) is 10.4. The molecular weight excluding hydrogens is 174 g/mol. The van der Waals surface area contributed by atoms with E-state index in [9.17, 15) is 5.21 Å². The van der Waals surface area contributed by atoms with Crippen LogP contribution in [0, 0.1) is 5.21 Å². The van der Waals surface area contributed by atoms with E-state index in [1.54, 1.807) is 6.20 Å². The standard InChI is InChI=1S/C12H19NO/c1-3-5-7-11-8-9-12(6-4-2)13(14)10-11/h8-10H,3-7H2,1-2H3. The SMILES string of the molecule is CCCCc1ccc(CCC)[n+]([O-])c1. The number of pyridine rings is 1. The van der Waals surface area contributed by atoms with Crippen LogP contribution in [0.5, 0.6) is 0 Å². The van der Waals surface area contributed by atoms with Gasteiger partial charge in [-0.2, -0.15) is 4.73 Å². The molecule has 0 atom stereocenters. The van der Waals surface area contributed by atoms with Gasteiger partial charge in [-0.3, -0.25) is 0 Å². The molecule has 0 saturated carbocycles. The Bertz CT molecular complexity index is 284. The molecule has 0 unspecified atom stereocenters. The Morgan fingerprint density at radius 1 is 1.14 bits per heavy atom. The van der Waals surface area contributed by atoms with Crippen molar-refractivity contribution in [1.29, 1.82) is 0 Å². The minimum atomic E-state index is 0.873. The van der Waals surface area contributed by atoms with Gasteiger partial charge in [-0.05, 0) is 25.3 Å². The van der Waals surface area contributed by atoms with Crippen LogP contribution < -0.4 is 4.73 Å². The van der Waals surface area contributed by atoms with E-state index in [2.05, 4.69) is 19.9 Å². The fraction of sp³-hybridized carbons (Fsp3) is 0.583. The lowest BCUT2D eigenvalue weighted by Crippen LogP contribution is -2.31. The summed E-state index contributed by atoms with van der Waals surface area (Å²) in [5, 5.41) is 11.5. The molecule has 0 amide bonds. The fourth-order valence-electron chi connectivity index (χ4n) is 1.53. The maximum atomic E-state index is 11.5. The van der Waals surface area contributed by atoms with Gasteiger partial charge in [0.2, 0.25) is 0 Å². The Hall–Kier alpha value is -1.05.